The van der Waals surface area contributed by atoms with Gasteiger partial charge in [0.25, 0.3) is 0 Å². The van der Waals surface area contributed by atoms with Gasteiger partial charge in [-0.15, -0.1) is 0 Å². The molecule has 0 unspecified atom stereocenters. The maximum atomic E-state index is 13.9. The quantitative estimate of drug-likeness (QED) is 0.406. The van der Waals surface area contributed by atoms with Crippen molar-refractivity contribution < 1.29 is 14.7 Å². The van der Waals surface area contributed by atoms with Crippen molar-refractivity contribution in [2.24, 2.45) is 5.92 Å². The maximum Gasteiger partial charge on any atom is 0.329 e. The first kappa shape index (κ1) is 25.3. The van der Waals surface area contributed by atoms with Crippen LogP contribution in [-0.2, 0) is 27.8 Å². The molecule has 5 rings (SSSR count). The molecule has 0 aliphatic heterocycles. The van der Waals surface area contributed by atoms with Gasteiger partial charge in [0.2, 0.25) is 5.91 Å². The van der Waals surface area contributed by atoms with Crippen LogP contribution >= 0.6 is 11.6 Å². The second kappa shape index (κ2) is 10.2. The third-order valence-corrected chi connectivity index (χ3v) is 8.75. The van der Waals surface area contributed by atoms with Gasteiger partial charge in [-0.1, -0.05) is 72.3 Å². The zero-order chi connectivity index (χ0) is 26.0. The minimum absolute atomic E-state index is 0.151. The monoisotopic (exact) mass is 516 g/mol. The van der Waals surface area contributed by atoms with Crippen molar-refractivity contribution in [2.45, 2.75) is 49.5 Å². The Kier molecular flexibility index (Phi) is 7.00. The number of hydrogen-bond acceptors (Lipinski definition) is 3. The molecule has 2 aliphatic rings. The fraction of sp³-hybridized carbons (Fsp3) is 0.355. The molecule has 1 spiro atoms. The zero-order valence-electron chi connectivity index (χ0n) is 21.1. The van der Waals surface area contributed by atoms with Crippen molar-refractivity contribution in [1.82, 2.24) is 4.90 Å². The number of halogens is 1. The van der Waals surface area contributed by atoms with E-state index < -0.39 is 11.5 Å². The topological polar surface area (TPSA) is 69.6 Å². The number of carbonyl (C=O) groups is 2. The van der Waals surface area contributed by atoms with E-state index in [4.69, 9.17) is 11.6 Å². The number of benzene rings is 3. The number of nitrogens with one attached hydrogen (secondary N) is 1. The van der Waals surface area contributed by atoms with E-state index in [1.807, 2.05) is 54.4 Å². The van der Waals surface area contributed by atoms with Crippen LogP contribution in [0.3, 0.4) is 0 Å². The number of anilines is 1. The molecule has 0 bridgehead atoms. The summed E-state index contributed by atoms with van der Waals surface area (Å²) in [5.41, 5.74) is 2.88. The second-order valence-corrected chi connectivity index (χ2v) is 11.0. The smallest absolute Gasteiger partial charge is 0.329 e. The Morgan fingerprint density at radius 1 is 0.973 bits per heavy atom. The molecular formula is C31H33ClN2O3. The summed E-state index contributed by atoms with van der Waals surface area (Å²) in [7, 11) is 1.90. The average molecular weight is 517 g/mol. The number of hydrogen-bond donors (Lipinski definition) is 2. The van der Waals surface area contributed by atoms with Crippen LogP contribution in [0.1, 0.15) is 42.4 Å². The van der Waals surface area contributed by atoms with Crippen LogP contribution in [0.2, 0.25) is 5.02 Å². The highest BCUT2D eigenvalue weighted by Crippen LogP contribution is 2.55. The lowest BCUT2D eigenvalue weighted by Gasteiger charge is -2.47. The SMILES string of the molecule is CN(CCc1ccccc1)C(=O)[C@@H]1Cc2ccccc2C12CCC(Nc1cccc(Cl)c1)(C(=O)O)CC2. The van der Waals surface area contributed by atoms with E-state index in [0.29, 0.717) is 49.4 Å². The Labute approximate surface area is 223 Å². The van der Waals surface area contributed by atoms with E-state index in [-0.39, 0.29) is 17.2 Å². The number of carboxylic acids is 1. The van der Waals surface area contributed by atoms with Crippen molar-refractivity contribution >= 4 is 29.2 Å². The molecule has 0 saturated heterocycles. The van der Waals surface area contributed by atoms with E-state index in [1.165, 1.54) is 16.7 Å². The van der Waals surface area contributed by atoms with Crippen LogP contribution in [0, 0.1) is 5.92 Å². The second-order valence-electron chi connectivity index (χ2n) is 10.6. The molecule has 0 heterocycles. The van der Waals surface area contributed by atoms with Gasteiger partial charge >= 0.3 is 5.97 Å². The molecule has 5 nitrogen and oxygen atoms in total. The first-order chi connectivity index (χ1) is 17.8. The summed E-state index contributed by atoms with van der Waals surface area (Å²) in [5.74, 6) is -0.905. The third kappa shape index (κ3) is 4.85. The number of carboxylic acid groups (broad SMARTS) is 1. The number of nitrogens with zero attached hydrogens (tertiary/aromatic N) is 1. The van der Waals surface area contributed by atoms with Gasteiger partial charge in [0.1, 0.15) is 5.54 Å². The standard InChI is InChI=1S/C31H33ClN2O3/c1-34(19-14-22-8-3-2-4-9-22)28(35)27-20-23-10-5-6-13-26(23)30(27)15-17-31(18-16-30,29(36)37)33-25-12-7-11-24(32)21-25/h2-13,21,27,33H,14-20H2,1H3,(H,36,37)/t27-,30?,31?/m0/s1. The van der Waals surface area contributed by atoms with Crippen molar-refractivity contribution in [3.05, 3.63) is 101 Å². The number of amides is 1. The maximum absolute atomic E-state index is 13.9. The molecule has 1 fully saturated rings. The summed E-state index contributed by atoms with van der Waals surface area (Å²) in [4.78, 5) is 28.4. The van der Waals surface area contributed by atoms with Crippen LogP contribution in [0.15, 0.2) is 78.9 Å². The van der Waals surface area contributed by atoms with Gasteiger partial charge in [0, 0.05) is 29.7 Å². The summed E-state index contributed by atoms with van der Waals surface area (Å²) >= 11 is 6.16. The highest BCUT2D eigenvalue weighted by molar-refractivity contribution is 6.30. The van der Waals surface area contributed by atoms with Gasteiger partial charge in [0.15, 0.2) is 0 Å². The molecule has 3 aromatic rings. The number of likely N-dealkylation sites (N-methyl/N-ethyl adjacent to an activating group) is 1. The number of carbonyl (C=O) groups excluding carboxylic acids is 1. The normalized spacial score (nSPS) is 24.4. The highest BCUT2D eigenvalue weighted by Gasteiger charge is 2.56. The largest absolute Gasteiger partial charge is 0.480 e. The van der Waals surface area contributed by atoms with Crippen LogP contribution in [0.5, 0.6) is 0 Å². The molecule has 1 amide bonds. The lowest BCUT2D eigenvalue weighted by molar-refractivity contribution is -0.144. The zero-order valence-corrected chi connectivity index (χ0v) is 21.9. The highest BCUT2D eigenvalue weighted by atomic mass is 35.5. The van der Waals surface area contributed by atoms with Gasteiger partial charge in [-0.25, -0.2) is 4.79 Å². The van der Waals surface area contributed by atoms with E-state index >= 15 is 0 Å². The Balaban J connectivity index is 1.39. The van der Waals surface area contributed by atoms with Crippen LogP contribution in [0.25, 0.3) is 0 Å². The summed E-state index contributed by atoms with van der Waals surface area (Å²) in [6, 6.07) is 25.8. The Morgan fingerprint density at radius 3 is 2.38 bits per heavy atom. The number of rotatable bonds is 7. The predicted molar refractivity (Wildman–Crippen MR) is 147 cm³/mol. The van der Waals surface area contributed by atoms with Crippen LogP contribution in [-0.4, -0.2) is 41.0 Å². The molecule has 0 aromatic heterocycles. The minimum atomic E-state index is -1.10. The summed E-state index contributed by atoms with van der Waals surface area (Å²) in [6.45, 7) is 0.654. The Bertz CT molecular complexity index is 1280. The Hall–Kier alpha value is -3.31. The average Bonchev–Trinajstić information content (AvgIpc) is 3.22. The van der Waals surface area contributed by atoms with Gasteiger partial charge < -0.3 is 15.3 Å². The summed E-state index contributed by atoms with van der Waals surface area (Å²) in [6.07, 6.45) is 3.63. The van der Waals surface area contributed by atoms with Gasteiger partial charge in [-0.3, -0.25) is 4.79 Å². The van der Waals surface area contributed by atoms with Crippen LogP contribution < -0.4 is 5.32 Å². The van der Waals surface area contributed by atoms with Gasteiger partial charge in [-0.05, 0) is 73.4 Å². The summed E-state index contributed by atoms with van der Waals surface area (Å²) in [5, 5.41) is 14.2. The minimum Gasteiger partial charge on any atom is -0.480 e. The van der Waals surface area contributed by atoms with E-state index in [9.17, 15) is 14.7 Å². The Morgan fingerprint density at radius 2 is 1.68 bits per heavy atom. The van der Waals surface area contributed by atoms with Gasteiger partial charge in [-0.2, -0.15) is 0 Å². The molecule has 0 radical (unpaired) electrons. The number of fused-ring (bicyclic) bond motifs is 2. The molecule has 1 saturated carbocycles. The summed E-state index contributed by atoms with van der Waals surface area (Å²) < 4.78 is 0. The predicted octanol–water partition coefficient (Wildman–Crippen LogP) is 5.96. The van der Waals surface area contributed by atoms with Crippen LogP contribution in [0.4, 0.5) is 5.69 Å². The molecule has 37 heavy (non-hydrogen) atoms. The number of aliphatic carboxylic acids is 1. The molecule has 2 N–H and O–H groups in total. The third-order valence-electron chi connectivity index (χ3n) is 8.51. The molecule has 192 valence electrons. The fourth-order valence-corrected chi connectivity index (χ4v) is 6.59. The molecular weight excluding hydrogens is 484 g/mol. The fourth-order valence-electron chi connectivity index (χ4n) is 6.40. The van der Waals surface area contributed by atoms with Crippen molar-refractivity contribution in [3.63, 3.8) is 0 Å². The van der Waals surface area contributed by atoms with Crippen molar-refractivity contribution in [3.8, 4) is 0 Å². The van der Waals surface area contributed by atoms with Gasteiger partial charge in [0.05, 0.1) is 5.92 Å². The van der Waals surface area contributed by atoms with E-state index in [1.54, 1.807) is 12.1 Å². The van der Waals surface area contributed by atoms with E-state index in [0.717, 1.165) is 6.42 Å². The lowest BCUT2D eigenvalue weighted by atomic mass is 9.60. The molecule has 1 atom stereocenters. The first-order valence-corrected chi connectivity index (χ1v) is 13.4. The lowest BCUT2D eigenvalue weighted by Crippen LogP contribution is -2.54. The van der Waals surface area contributed by atoms with Crippen molar-refractivity contribution in [1.29, 1.82) is 0 Å². The molecule has 6 heteroatoms. The first-order valence-electron chi connectivity index (χ1n) is 13.0. The molecule has 2 aliphatic carbocycles. The molecule has 3 aromatic carbocycles. The van der Waals surface area contributed by atoms with E-state index in [2.05, 4.69) is 29.6 Å². The van der Waals surface area contributed by atoms with Crippen molar-refractivity contribution in [2.75, 3.05) is 18.9 Å².